The van der Waals surface area contributed by atoms with Crippen LogP contribution < -0.4 is 0 Å². The molecule has 0 saturated carbocycles. The summed E-state index contributed by atoms with van der Waals surface area (Å²) in [7, 11) is -1.64. The molecule has 1 atom stereocenters. The van der Waals surface area contributed by atoms with Gasteiger partial charge < -0.3 is 9.22 Å². The fourth-order valence-corrected chi connectivity index (χ4v) is 2.88. The number of rotatable bonds is 7. The van der Waals surface area contributed by atoms with Crippen molar-refractivity contribution < 1.29 is 9.22 Å². The highest BCUT2D eigenvalue weighted by atomic mass is 28.4. The molecule has 0 radical (unpaired) electrons. The lowest BCUT2D eigenvalue weighted by Crippen LogP contribution is -2.43. The van der Waals surface area contributed by atoms with Gasteiger partial charge >= 0.3 is 0 Å². The Hall–Kier alpha value is -0.413. The summed E-state index contributed by atoms with van der Waals surface area (Å²) >= 11 is 0. The first kappa shape index (κ1) is 17.6. The standard InChI is InChI=1S/C15H30O2Si/c1-13(16)11-9-8-10-12-14(2)17-18(6,7)15(3,4)5/h8,10,14H,9,11-12H2,1-7H3/b10-8-. The van der Waals surface area contributed by atoms with Crippen LogP contribution in [0.3, 0.4) is 0 Å². The minimum atomic E-state index is -1.64. The zero-order valence-corrected chi connectivity index (χ0v) is 14.2. The lowest BCUT2D eigenvalue weighted by Gasteiger charge is -2.38. The van der Waals surface area contributed by atoms with E-state index in [4.69, 9.17) is 4.43 Å². The quantitative estimate of drug-likeness (QED) is 0.494. The molecule has 0 aliphatic heterocycles. The number of Topliss-reactive ketones (excluding diaryl/α,β-unsaturated/α-hetero) is 1. The summed E-state index contributed by atoms with van der Waals surface area (Å²) in [6.07, 6.45) is 6.92. The van der Waals surface area contributed by atoms with Crippen molar-refractivity contribution in [2.75, 3.05) is 0 Å². The molecule has 0 spiro atoms. The Bertz CT molecular complexity index is 287. The zero-order valence-electron chi connectivity index (χ0n) is 13.2. The summed E-state index contributed by atoms with van der Waals surface area (Å²) in [4.78, 5) is 10.8. The van der Waals surface area contributed by atoms with Gasteiger partial charge in [0.1, 0.15) is 5.78 Å². The Morgan fingerprint density at radius 2 is 1.83 bits per heavy atom. The molecular formula is C15H30O2Si. The van der Waals surface area contributed by atoms with Gasteiger partial charge in [-0.25, -0.2) is 0 Å². The van der Waals surface area contributed by atoms with Crippen molar-refractivity contribution in [3.8, 4) is 0 Å². The summed E-state index contributed by atoms with van der Waals surface area (Å²) < 4.78 is 6.25. The van der Waals surface area contributed by atoms with Crippen LogP contribution in [0.15, 0.2) is 12.2 Å². The molecule has 0 saturated heterocycles. The molecule has 0 aromatic heterocycles. The monoisotopic (exact) mass is 270 g/mol. The molecule has 2 nitrogen and oxygen atoms in total. The van der Waals surface area contributed by atoms with Crippen molar-refractivity contribution >= 4 is 14.1 Å². The van der Waals surface area contributed by atoms with Gasteiger partial charge in [0, 0.05) is 12.5 Å². The second kappa shape index (κ2) is 7.24. The van der Waals surface area contributed by atoms with Crippen LogP contribution in [-0.4, -0.2) is 20.2 Å². The Morgan fingerprint density at radius 1 is 1.28 bits per heavy atom. The topological polar surface area (TPSA) is 26.3 Å². The van der Waals surface area contributed by atoms with Gasteiger partial charge in [0.05, 0.1) is 0 Å². The molecule has 0 aliphatic rings. The van der Waals surface area contributed by atoms with Crippen molar-refractivity contribution in [1.82, 2.24) is 0 Å². The summed E-state index contributed by atoms with van der Waals surface area (Å²) in [6.45, 7) is 15.1. The van der Waals surface area contributed by atoms with E-state index in [0.717, 1.165) is 12.8 Å². The third kappa shape index (κ3) is 7.12. The fraction of sp³-hybridized carbons (Fsp3) is 0.800. The van der Waals surface area contributed by atoms with Crippen LogP contribution in [0.4, 0.5) is 0 Å². The van der Waals surface area contributed by atoms with Gasteiger partial charge in [-0.15, -0.1) is 0 Å². The van der Waals surface area contributed by atoms with E-state index in [2.05, 4.69) is 52.9 Å². The number of ketones is 1. The van der Waals surface area contributed by atoms with Crippen molar-refractivity contribution in [2.45, 2.75) is 78.1 Å². The largest absolute Gasteiger partial charge is 0.414 e. The molecule has 0 N–H and O–H groups in total. The van der Waals surface area contributed by atoms with Gasteiger partial charge in [-0.1, -0.05) is 32.9 Å². The van der Waals surface area contributed by atoms with Gasteiger partial charge in [-0.2, -0.15) is 0 Å². The predicted molar refractivity (Wildman–Crippen MR) is 81.4 cm³/mol. The molecule has 0 aromatic rings. The third-order valence-electron chi connectivity index (χ3n) is 3.60. The molecule has 0 amide bonds. The Kier molecular flexibility index (Phi) is 7.08. The maximum atomic E-state index is 10.8. The number of carbonyl (C=O) groups is 1. The summed E-state index contributed by atoms with van der Waals surface area (Å²) in [6, 6.07) is 0. The van der Waals surface area contributed by atoms with Crippen LogP contribution >= 0.6 is 0 Å². The van der Waals surface area contributed by atoms with Gasteiger partial charge in [-0.3, -0.25) is 0 Å². The summed E-state index contributed by atoms with van der Waals surface area (Å²) in [5.74, 6) is 0.255. The zero-order chi connectivity index (χ0) is 14.4. The van der Waals surface area contributed by atoms with Crippen LogP contribution in [-0.2, 0) is 9.22 Å². The number of hydrogen-bond acceptors (Lipinski definition) is 2. The summed E-state index contributed by atoms with van der Waals surface area (Å²) in [5.41, 5.74) is 0. The number of allylic oxidation sites excluding steroid dienone is 1. The summed E-state index contributed by atoms with van der Waals surface area (Å²) in [5, 5.41) is 0.263. The van der Waals surface area contributed by atoms with E-state index in [1.807, 2.05) is 0 Å². The smallest absolute Gasteiger partial charge is 0.192 e. The Labute approximate surface area is 114 Å². The molecule has 106 valence electrons. The van der Waals surface area contributed by atoms with Gasteiger partial charge in [0.15, 0.2) is 8.32 Å². The third-order valence-corrected chi connectivity index (χ3v) is 8.20. The average molecular weight is 270 g/mol. The van der Waals surface area contributed by atoms with Crippen LogP contribution in [0.25, 0.3) is 0 Å². The maximum absolute atomic E-state index is 10.8. The maximum Gasteiger partial charge on any atom is 0.192 e. The first-order valence-electron chi connectivity index (χ1n) is 6.88. The molecule has 0 aliphatic carbocycles. The molecule has 0 heterocycles. The van der Waals surface area contributed by atoms with E-state index in [9.17, 15) is 4.79 Å². The minimum Gasteiger partial charge on any atom is -0.414 e. The Morgan fingerprint density at radius 3 is 2.28 bits per heavy atom. The van der Waals surface area contributed by atoms with E-state index in [-0.39, 0.29) is 16.9 Å². The molecule has 18 heavy (non-hydrogen) atoms. The molecule has 0 bridgehead atoms. The van der Waals surface area contributed by atoms with Crippen molar-refractivity contribution in [1.29, 1.82) is 0 Å². The number of hydrogen-bond donors (Lipinski definition) is 0. The molecule has 3 heteroatoms. The van der Waals surface area contributed by atoms with E-state index < -0.39 is 8.32 Å². The van der Waals surface area contributed by atoms with E-state index in [1.165, 1.54) is 0 Å². The Balaban J connectivity index is 4.05. The van der Waals surface area contributed by atoms with Crippen LogP contribution in [0.2, 0.25) is 18.1 Å². The normalized spacial score (nSPS) is 15.1. The lowest BCUT2D eigenvalue weighted by molar-refractivity contribution is -0.116. The highest BCUT2D eigenvalue weighted by Crippen LogP contribution is 2.37. The van der Waals surface area contributed by atoms with Gasteiger partial charge in [0.2, 0.25) is 0 Å². The second-order valence-electron chi connectivity index (χ2n) is 6.64. The first-order valence-corrected chi connectivity index (χ1v) is 9.79. The van der Waals surface area contributed by atoms with E-state index >= 15 is 0 Å². The van der Waals surface area contributed by atoms with Crippen LogP contribution in [0.1, 0.15) is 53.9 Å². The van der Waals surface area contributed by atoms with Crippen molar-refractivity contribution in [3.05, 3.63) is 12.2 Å². The molecule has 0 fully saturated rings. The minimum absolute atomic E-state index is 0.255. The molecule has 1 unspecified atom stereocenters. The van der Waals surface area contributed by atoms with Crippen molar-refractivity contribution in [3.63, 3.8) is 0 Å². The van der Waals surface area contributed by atoms with E-state index in [0.29, 0.717) is 6.42 Å². The van der Waals surface area contributed by atoms with Crippen LogP contribution in [0.5, 0.6) is 0 Å². The molecule has 0 rings (SSSR count). The second-order valence-corrected chi connectivity index (χ2v) is 11.4. The molecule has 0 aromatic carbocycles. The van der Waals surface area contributed by atoms with E-state index in [1.54, 1.807) is 6.92 Å². The first-order chi connectivity index (χ1) is 8.06. The highest BCUT2D eigenvalue weighted by molar-refractivity contribution is 6.74. The fourth-order valence-electron chi connectivity index (χ4n) is 1.42. The van der Waals surface area contributed by atoms with Gasteiger partial charge in [0.25, 0.3) is 0 Å². The SMILES string of the molecule is CC(=O)CC/C=C\CC(C)O[Si](C)(C)C(C)(C)C. The lowest BCUT2D eigenvalue weighted by atomic mass is 10.2. The molecular weight excluding hydrogens is 240 g/mol. The van der Waals surface area contributed by atoms with Crippen LogP contribution in [0, 0.1) is 0 Å². The average Bonchev–Trinajstić information content (AvgIpc) is 2.13. The predicted octanol–water partition coefficient (Wildman–Crippen LogP) is 4.71. The number of carbonyl (C=O) groups excluding carboxylic acids is 1. The highest BCUT2D eigenvalue weighted by Gasteiger charge is 2.38. The van der Waals surface area contributed by atoms with Crippen molar-refractivity contribution in [2.24, 2.45) is 0 Å². The van der Waals surface area contributed by atoms with Gasteiger partial charge in [-0.05, 0) is 44.8 Å².